The van der Waals surface area contributed by atoms with Crippen LogP contribution in [0.5, 0.6) is 0 Å². The van der Waals surface area contributed by atoms with Gasteiger partial charge in [-0.3, -0.25) is 0 Å². The summed E-state index contributed by atoms with van der Waals surface area (Å²) >= 11 is 7.73. The molecule has 0 bridgehead atoms. The molecule has 5 rings (SSSR count). The topological polar surface area (TPSA) is 40.4 Å². The molecular weight excluding hydrogens is 440 g/mol. The van der Waals surface area contributed by atoms with Gasteiger partial charge in [0.15, 0.2) is 11.0 Å². The zero-order valence-electron chi connectivity index (χ0n) is 18.4. The van der Waals surface area contributed by atoms with Crippen LogP contribution in [-0.2, 0) is 11.3 Å². The Labute approximate surface area is 198 Å². The Morgan fingerprint density at radius 2 is 1.75 bits per heavy atom. The normalized spacial score (nSPS) is 21.1. The first-order chi connectivity index (χ1) is 15.4. The first-order valence-corrected chi connectivity index (χ1v) is 12.4. The number of rotatable bonds is 3. The van der Waals surface area contributed by atoms with Gasteiger partial charge in [-0.05, 0) is 91.0 Å². The number of carbonyl (C=O) groups excluding carboxylic acids is 2. The summed E-state index contributed by atoms with van der Waals surface area (Å²) in [7, 11) is 0. The molecule has 1 aliphatic carbocycles. The minimum absolute atomic E-state index is 0.111. The molecule has 2 aromatic carbocycles. The lowest BCUT2D eigenvalue weighted by Crippen LogP contribution is -2.53. The van der Waals surface area contributed by atoms with Crippen LogP contribution in [0, 0.1) is 19.8 Å². The van der Waals surface area contributed by atoms with Gasteiger partial charge in [-0.1, -0.05) is 48.0 Å². The van der Waals surface area contributed by atoms with Crippen molar-refractivity contribution in [2.24, 2.45) is 5.92 Å². The molecule has 0 saturated heterocycles. The standard InChI is InChI=1S/C26H26ClN2O2S/c1-16-8-13-20(14-17(16)2)29-24(30)23-21-6-4-3-5-7-22(21)32-25(23)28(26(29)31)15-18-9-11-19(27)12-10-18/h8-14,23H,3-7,15H2,1-2H3/q+1. The van der Waals surface area contributed by atoms with E-state index in [1.54, 1.807) is 11.8 Å². The third-order valence-corrected chi connectivity index (χ3v) is 8.32. The molecule has 1 atom stereocenters. The zero-order valence-corrected chi connectivity index (χ0v) is 19.9. The smallest absolute Gasteiger partial charge is 0.245 e. The van der Waals surface area contributed by atoms with Gasteiger partial charge in [0.2, 0.25) is 0 Å². The van der Waals surface area contributed by atoms with Crippen molar-refractivity contribution >= 4 is 46.0 Å². The minimum Gasteiger partial charge on any atom is -0.245 e. The van der Waals surface area contributed by atoms with E-state index < -0.39 is 0 Å². The Kier molecular flexibility index (Phi) is 5.72. The summed E-state index contributed by atoms with van der Waals surface area (Å²) in [5.74, 6) is -0.459. The molecule has 4 nitrogen and oxygen atoms in total. The Hall–Kier alpha value is -2.37. The maximum atomic E-state index is 13.8. The summed E-state index contributed by atoms with van der Waals surface area (Å²) < 4.78 is 1.81. The number of benzene rings is 2. The van der Waals surface area contributed by atoms with Crippen LogP contribution in [0.15, 0.2) is 52.9 Å². The number of urea groups is 1. The molecular formula is C26H26ClN2O2S+. The van der Waals surface area contributed by atoms with E-state index in [4.69, 9.17) is 11.6 Å². The van der Waals surface area contributed by atoms with Gasteiger partial charge in [-0.2, -0.15) is 9.37 Å². The average Bonchev–Trinajstić information content (AvgIpc) is 2.98. The molecule has 164 valence electrons. The molecule has 0 N–H and O–H groups in total. The fourth-order valence-electron chi connectivity index (χ4n) is 4.76. The number of anilines is 1. The highest BCUT2D eigenvalue weighted by Gasteiger charge is 2.54. The van der Waals surface area contributed by atoms with Crippen LogP contribution in [0.2, 0.25) is 5.02 Å². The third-order valence-electron chi connectivity index (χ3n) is 6.69. The number of halogens is 1. The quantitative estimate of drug-likeness (QED) is 0.478. The molecule has 0 saturated carbocycles. The molecule has 0 fully saturated rings. The summed E-state index contributed by atoms with van der Waals surface area (Å²) in [5, 5.41) is 1.54. The van der Waals surface area contributed by atoms with E-state index in [1.165, 1.54) is 21.8 Å². The van der Waals surface area contributed by atoms with Crippen molar-refractivity contribution < 1.29 is 14.2 Å². The van der Waals surface area contributed by atoms with Crippen LogP contribution < -0.4 is 4.90 Å². The number of fused-ring (bicyclic) bond motifs is 2. The number of nitrogens with zero attached hydrogens (tertiary/aromatic N) is 2. The highest BCUT2D eigenvalue weighted by atomic mass is 35.5. The number of hydrogen-bond acceptors (Lipinski definition) is 3. The number of imide groups is 1. The highest BCUT2D eigenvalue weighted by Crippen LogP contribution is 2.47. The van der Waals surface area contributed by atoms with Crippen LogP contribution >= 0.6 is 23.4 Å². The number of carbonyl (C=O) groups is 2. The Balaban J connectivity index is 1.62. The molecule has 3 aliphatic rings. The van der Waals surface area contributed by atoms with Crippen molar-refractivity contribution in [1.82, 2.24) is 0 Å². The molecule has 1 unspecified atom stereocenters. The van der Waals surface area contributed by atoms with Crippen molar-refractivity contribution in [2.75, 3.05) is 4.90 Å². The van der Waals surface area contributed by atoms with Crippen molar-refractivity contribution in [2.45, 2.75) is 52.5 Å². The second-order valence-electron chi connectivity index (χ2n) is 8.82. The Morgan fingerprint density at radius 1 is 1.00 bits per heavy atom. The van der Waals surface area contributed by atoms with Gasteiger partial charge >= 0.3 is 11.9 Å². The van der Waals surface area contributed by atoms with Crippen molar-refractivity contribution in [3.63, 3.8) is 0 Å². The van der Waals surface area contributed by atoms with Crippen LogP contribution in [0.3, 0.4) is 0 Å². The van der Waals surface area contributed by atoms with Gasteiger partial charge in [-0.15, -0.1) is 4.90 Å². The average molecular weight is 466 g/mol. The van der Waals surface area contributed by atoms with Gasteiger partial charge in [-0.25, -0.2) is 4.79 Å². The molecule has 32 heavy (non-hydrogen) atoms. The predicted molar refractivity (Wildman–Crippen MR) is 130 cm³/mol. The molecule has 0 aromatic heterocycles. The van der Waals surface area contributed by atoms with E-state index in [2.05, 4.69) is 0 Å². The summed E-state index contributed by atoms with van der Waals surface area (Å²) in [4.78, 5) is 30.3. The molecule has 3 amide bonds. The second kappa shape index (κ2) is 8.53. The second-order valence-corrected chi connectivity index (χ2v) is 10.4. The summed E-state index contributed by atoms with van der Waals surface area (Å²) in [5.41, 5.74) is 5.08. The van der Waals surface area contributed by atoms with Gasteiger partial charge in [0.05, 0.1) is 0 Å². The maximum Gasteiger partial charge on any atom is 0.506 e. The fraction of sp³-hybridized carbons (Fsp3) is 0.346. The molecule has 2 aliphatic heterocycles. The van der Waals surface area contributed by atoms with Gasteiger partial charge in [0.1, 0.15) is 12.2 Å². The van der Waals surface area contributed by atoms with Crippen molar-refractivity contribution in [1.29, 1.82) is 0 Å². The van der Waals surface area contributed by atoms with Crippen molar-refractivity contribution in [3.8, 4) is 0 Å². The van der Waals surface area contributed by atoms with Gasteiger partial charge in [0, 0.05) is 5.02 Å². The van der Waals surface area contributed by atoms with Crippen LogP contribution in [0.1, 0.15) is 48.8 Å². The molecule has 6 heteroatoms. The van der Waals surface area contributed by atoms with E-state index >= 15 is 0 Å². The first kappa shape index (κ1) is 21.5. The van der Waals surface area contributed by atoms with E-state index in [0.717, 1.165) is 47.4 Å². The van der Waals surface area contributed by atoms with E-state index in [-0.39, 0.29) is 17.9 Å². The minimum atomic E-state index is -0.347. The zero-order chi connectivity index (χ0) is 22.4. The number of hydrogen-bond donors (Lipinski definition) is 0. The van der Waals surface area contributed by atoms with E-state index in [0.29, 0.717) is 17.3 Å². The summed E-state index contributed by atoms with van der Waals surface area (Å²) in [6.07, 6.45) is 5.38. The number of allylic oxidation sites excluding steroid dienone is 1. The Bertz CT molecular complexity index is 1180. The lowest BCUT2D eigenvalue weighted by molar-refractivity contribution is -0.443. The molecule has 0 radical (unpaired) electrons. The number of thioether (sulfide) groups is 1. The fourth-order valence-corrected chi connectivity index (χ4v) is 6.35. The van der Waals surface area contributed by atoms with Gasteiger partial charge in [0.25, 0.3) is 0 Å². The lowest BCUT2D eigenvalue weighted by atomic mass is 9.92. The molecule has 2 aromatic rings. The molecule has 0 spiro atoms. The van der Waals surface area contributed by atoms with Crippen LogP contribution in [0.4, 0.5) is 10.5 Å². The summed E-state index contributed by atoms with van der Waals surface area (Å²) in [6, 6.07) is 13.1. The Morgan fingerprint density at radius 3 is 2.50 bits per heavy atom. The third kappa shape index (κ3) is 3.71. The summed E-state index contributed by atoms with van der Waals surface area (Å²) in [6.45, 7) is 4.47. The van der Waals surface area contributed by atoms with Crippen LogP contribution in [-0.4, -0.2) is 21.6 Å². The largest absolute Gasteiger partial charge is 0.506 e. The lowest BCUT2D eigenvalue weighted by Gasteiger charge is -2.26. The van der Waals surface area contributed by atoms with Crippen molar-refractivity contribution in [3.05, 3.63) is 74.7 Å². The monoisotopic (exact) mass is 465 g/mol. The number of amides is 3. The number of aryl methyl sites for hydroxylation is 2. The van der Waals surface area contributed by atoms with E-state index in [9.17, 15) is 9.59 Å². The highest BCUT2D eigenvalue weighted by molar-refractivity contribution is 8.17. The maximum absolute atomic E-state index is 13.8. The molecule has 2 heterocycles. The van der Waals surface area contributed by atoms with E-state index in [1.807, 2.05) is 60.9 Å². The predicted octanol–water partition coefficient (Wildman–Crippen LogP) is 6.62. The SMILES string of the molecule is Cc1ccc(N2C(=O)C3C4=C(CCCCC4)SC3=[N+](Cc3ccc(Cl)cc3)C2=O)cc1C. The first-order valence-electron chi connectivity index (χ1n) is 11.2. The van der Waals surface area contributed by atoms with Crippen LogP contribution in [0.25, 0.3) is 0 Å². The van der Waals surface area contributed by atoms with Gasteiger partial charge < -0.3 is 0 Å².